The van der Waals surface area contributed by atoms with E-state index in [9.17, 15) is 9.90 Å². The van der Waals surface area contributed by atoms with Gasteiger partial charge in [-0.1, -0.05) is 23.4 Å². The van der Waals surface area contributed by atoms with Crippen LogP contribution in [0.2, 0.25) is 0 Å². The number of anilines is 2. The summed E-state index contributed by atoms with van der Waals surface area (Å²) in [5.74, 6) is 0.227. The van der Waals surface area contributed by atoms with Crippen molar-refractivity contribution in [1.82, 2.24) is 25.0 Å². The van der Waals surface area contributed by atoms with Crippen molar-refractivity contribution in [3.05, 3.63) is 72.4 Å². The van der Waals surface area contributed by atoms with Gasteiger partial charge in [0, 0.05) is 49.6 Å². The number of hydrogen-bond donors (Lipinski definition) is 2. The summed E-state index contributed by atoms with van der Waals surface area (Å²) in [6.45, 7) is 2.37. The van der Waals surface area contributed by atoms with Crippen LogP contribution in [0.1, 0.15) is 17.9 Å². The van der Waals surface area contributed by atoms with Gasteiger partial charge in [0.15, 0.2) is 5.76 Å². The summed E-state index contributed by atoms with van der Waals surface area (Å²) in [7, 11) is 1.65. The molecule has 0 bridgehead atoms. The van der Waals surface area contributed by atoms with E-state index < -0.39 is 5.60 Å². The second-order valence-corrected chi connectivity index (χ2v) is 8.02. The summed E-state index contributed by atoms with van der Waals surface area (Å²) in [5, 5.41) is 18.1. The van der Waals surface area contributed by atoms with Crippen molar-refractivity contribution in [2.75, 3.05) is 18.9 Å². The average Bonchev–Trinajstić information content (AvgIpc) is 3.43. The largest absolute Gasteiger partial charge is 0.373 e. The molecular formula is C24H22N6O3. The summed E-state index contributed by atoms with van der Waals surface area (Å²) >= 11 is 0. The number of aromatic nitrogens is 4. The number of likely N-dealkylation sites (N-methyl/N-ethyl adjacent to an activating group) is 1. The average molecular weight is 442 g/mol. The molecule has 1 aliphatic heterocycles. The van der Waals surface area contributed by atoms with Crippen molar-refractivity contribution < 1.29 is 14.4 Å². The molecule has 1 aromatic carbocycles. The van der Waals surface area contributed by atoms with Crippen molar-refractivity contribution in [1.29, 1.82) is 0 Å². The third-order valence-electron chi connectivity index (χ3n) is 5.79. The van der Waals surface area contributed by atoms with Gasteiger partial charge in [0.1, 0.15) is 5.69 Å². The molecular weight excluding hydrogens is 420 g/mol. The van der Waals surface area contributed by atoms with Crippen LogP contribution >= 0.6 is 0 Å². The van der Waals surface area contributed by atoms with Gasteiger partial charge in [0.25, 0.3) is 5.91 Å². The Morgan fingerprint density at radius 2 is 1.88 bits per heavy atom. The van der Waals surface area contributed by atoms with Crippen LogP contribution < -0.4 is 5.32 Å². The normalized spacial score (nSPS) is 18.0. The maximum Gasteiger partial charge on any atom is 0.262 e. The predicted octanol–water partition coefficient (Wildman–Crippen LogP) is 3.30. The number of carbonyl (C=O) groups excluding carboxylic acids is 1. The van der Waals surface area contributed by atoms with Crippen LogP contribution in [0.3, 0.4) is 0 Å². The molecule has 1 saturated heterocycles. The van der Waals surface area contributed by atoms with Gasteiger partial charge < -0.3 is 19.8 Å². The second kappa shape index (κ2) is 8.10. The summed E-state index contributed by atoms with van der Waals surface area (Å²) < 4.78 is 5.38. The molecule has 1 fully saturated rings. The minimum absolute atomic E-state index is 0.151. The van der Waals surface area contributed by atoms with Gasteiger partial charge in [-0.15, -0.1) is 0 Å². The summed E-state index contributed by atoms with van der Waals surface area (Å²) in [4.78, 5) is 27.0. The number of amides is 1. The minimum Gasteiger partial charge on any atom is -0.373 e. The van der Waals surface area contributed by atoms with Crippen molar-refractivity contribution in [3.8, 4) is 22.5 Å². The van der Waals surface area contributed by atoms with E-state index in [0.717, 1.165) is 28.2 Å². The zero-order chi connectivity index (χ0) is 23.0. The lowest BCUT2D eigenvalue weighted by molar-refractivity contribution is -0.144. The molecule has 0 spiro atoms. The number of rotatable bonds is 5. The molecule has 9 heteroatoms. The van der Waals surface area contributed by atoms with Gasteiger partial charge in [0.05, 0.1) is 17.1 Å². The summed E-state index contributed by atoms with van der Waals surface area (Å²) in [5.41, 5.74) is 2.91. The Bertz CT molecular complexity index is 1340. The number of pyridine rings is 1. The fraction of sp³-hybridized carbons (Fsp3) is 0.208. The SMILES string of the molecule is Cc1ncccc1Nc1nccc(-c2cccc(-c3cc([C@]4(O)CCN(C)C4=O)on3)c2)n1. The highest BCUT2D eigenvalue weighted by Gasteiger charge is 2.48. The Morgan fingerprint density at radius 1 is 1.06 bits per heavy atom. The highest BCUT2D eigenvalue weighted by molar-refractivity contribution is 5.87. The molecule has 0 saturated carbocycles. The maximum atomic E-state index is 12.4. The number of hydrogen-bond acceptors (Lipinski definition) is 8. The van der Waals surface area contributed by atoms with E-state index >= 15 is 0 Å². The molecule has 4 heterocycles. The van der Waals surface area contributed by atoms with Gasteiger partial charge in [0.2, 0.25) is 11.5 Å². The van der Waals surface area contributed by atoms with Gasteiger partial charge in [-0.3, -0.25) is 9.78 Å². The third-order valence-corrected chi connectivity index (χ3v) is 5.79. The van der Waals surface area contributed by atoms with E-state index in [1.165, 1.54) is 4.90 Å². The molecule has 5 rings (SSSR count). The lowest BCUT2D eigenvalue weighted by Crippen LogP contribution is -2.35. The first-order valence-electron chi connectivity index (χ1n) is 10.5. The van der Waals surface area contributed by atoms with Gasteiger partial charge in [-0.25, -0.2) is 9.97 Å². The van der Waals surface area contributed by atoms with E-state index in [1.807, 2.05) is 49.4 Å². The Kier molecular flexibility index (Phi) is 5.10. The molecule has 166 valence electrons. The van der Waals surface area contributed by atoms with E-state index in [1.54, 1.807) is 25.5 Å². The fourth-order valence-corrected chi connectivity index (χ4v) is 3.84. The molecule has 4 aromatic rings. The van der Waals surface area contributed by atoms with Crippen molar-refractivity contribution in [2.45, 2.75) is 18.9 Å². The Balaban J connectivity index is 1.42. The number of benzene rings is 1. The number of aryl methyl sites for hydroxylation is 1. The van der Waals surface area contributed by atoms with Gasteiger partial charge in [-0.2, -0.15) is 0 Å². The summed E-state index contributed by atoms with van der Waals surface area (Å²) in [6, 6.07) is 14.9. The van der Waals surface area contributed by atoms with Crippen LogP contribution in [-0.4, -0.2) is 49.6 Å². The molecule has 3 aromatic heterocycles. The number of nitrogens with one attached hydrogen (secondary N) is 1. The second-order valence-electron chi connectivity index (χ2n) is 8.02. The van der Waals surface area contributed by atoms with Gasteiger partial charge >= 0.3 is 0 Å². The van der Waals surface area contributed by atoms with Gasteiger partial charge in [-0.05, 0) is 31.2 Å². The van der Waals surface area contributed by atoms with E-state index in [-0.39, 0.29) is 18.1 Å². The molecule has 1 atom stereocenters. The Labute approximate surface area is 190 Å². The third kappa shape index (κ3) is 3.83. The first-order valence-corrected chi connectivity index (χ1v) is 10.5. The van der Waals surface area contributed by atoms with E-state index in [2.05, 4.69) is 25.4 Å². The smallest absolute Gasteiger partial charge is 0.262 e. The first kappa shape index (κ1) is 20.8. The standard InChI is InChI=1S/C24H22N6O3/c1-15-18(7-4-10-25-15)27-23-26-11-8-19(28-23)16-5-3-6-17(13-16)20-14-21(33-29-20)24(32)9-12-30(2)22(24)31/h3-8,10-11,13-14,32H,9,12H2,1-2H3,(H,26,27,28)/t24-/m1/s1. The van der Waals surface area contributed by atoms with Crippen molar-refractivity contribution >= 4 is 17.5 Å². The minimum atomic E-state index is -1.67. The quantitative estimate of drug-likeness (QED) is 0.484. The highest BCUT2D eigenvalue weighted by Crippen LogP contribution is 2.35. The Hall–Kier alpha value is -4.11. The highest BCUT2D eigenvalue weighted by atomic mass is 16.5. The molecule has 9 nitrogen and oxygen atoms in total. The van der Waals surface area contributed by atoms with Crippen LogP contribution in [-0.2, 0) is 10.4 Å². The molecule has 1 amide bonds. The monoisotopic (exact) mass is 442 g/mol. The molecule has 0 unspecified atom stereocenters. The number of nitrogens with zero attached hydrogens (tertiary/aromatic N) is 5. The Morgan fingerprint density at radius 3 is 2.64 bits per heavy atom. The zero-order valence-corrected chi connectivity index (χ0v) is 18.2. The molecule has 0 radical (unpaired) electrons. The lowest BCUT2D eigenvalue weighted by atomic mass is 9.98. The van der Waals surface area contributed by atoms with E-state index in [4.69, 9.17) is 4.52 Å². The molecule has 2 N–H and O–H groups in total. The first-order chi connectivity index (χ1) is 15.9. The number of likely N-dealkylation sites (tertiary alicyclic amines) is 1. The molecule has 33 heavy (non-hydrogen) atoms. The van der Waals surface area contributed by atoms with Crippen LogP contribution in [0.25, 0.3) is 22.5 Å². The van der Waals surface area contributed by atoms with Crippen molar-refractivity contribution in [3.63, 3.8) is 0 Å². The van der Waals surface area contributed by atoms with Crippen LogP contribution in [0.15, 0.2) is 65.4 Å². The van der Waals surface area contributed by atoms with Crippen LogP contribution in [0.4, 0.5) is 11.6 Å². The topological polar surface area (TPSA) is 117 Å². The number of carbonyl (C=O) groups is 1. The van der Waals surface area contributed by atoms with Crippen LogP contribution in [0, 0.1) is 6.92 Å². The zero-order valence-electron chi connectivity index (χ0n) is 18.2. The molecule has 0 aliphatic carbocycles. The molecule has 1 aliphatic rings. The van der Waals surface area contributed by atoms with Crippen LogP contribution in [0.5, 0.6) is 0 Å². The predicted molar refractivity (Wildman–Crippen MR) is 121 cm³/mol. The van der Waals surface area contributed by atoms with Crippen molar-refractivity contribution in [2.24, 2.45) is 0 Å². The lowest BCUT2D eigenvalue weighted by Gasteiger charge is -2.16. The maximum absolute atomic E-state index is 12.4. The fourth-order valence-electron chi connectivity index (χ4n) is 3.84. The van der Waals surface area contributed by atoms with E-state index in [0.29, 0.717) is 18.2 Å². The summed E-state index contributed by atoms with van der Waals surface area (Å²) in [6.07, 6.45) is 3.69. The number of aliphatic hydroxyl groups is 1.